The fourth-order valence-electron chi connectivity index (χ4n) is 3.59. The Labute approximate surface area is 134 Å². The molecule has 4 rings (SSSR count). The van der Waals surface area contributed by atoms with E-state index in [4.69, 9.17) is 9.15 Å². The van der Waals surface area contributed by atoms with E-state index < -0.39 is 0 Å². The van der Waals surface area contributed by atoms with Crippen molar-refractivity contribution in [1.82, 2.24) is 9.88 Å². The van der Waals surface area contributed by atoms with Crippen LogP contribution in [0, 0.1) is 5.82 Å². The molecule has 0 aliphatic carbocycles. The summed E-state index contributed by atoms with van der Waals surface area (Å²) in [5, 5.41) is 3.17. The molecule has 0 amide bonds. The number of nitrogens with one attached hydrogen (secondary N) is 1. The highest BCUT2D eigenvalue weighted by molar-refractivity contribution is 5.37. The van der Waals surface area contributed by atoms with Crippen molar-refractivity contribution < 1.29 is 13.5 Å². The van der Waals surface area contributed by atoms with Gasteiger partial charge in [-0.15, -0.1) is 0 Å². The summed E-state index contributed by atoms with van der Waals surface area (Å²) in [5.74, 6) is 0.966. The first-order valence-corrected chi connectivity index (χ1v) is 7.98. The van der Waals surface area contributed by atoms with Gasteiger partial charge in [-0.25, -0.2) is 9.37 Å². The van der Waals surface area contributed by atoms with Gasteiger partial charge in [-0.1, -0.05) is 0 Å². The number of ether oxygens (including phenoxy) is 1. The molecule has 122 valence electrons. The lowest BCUT2D eigenvalue weighted by molar-refractivity contribution is 0.0115. The van der Waals surface area contributed by atoms with E-state index in [1.54, 1.807) is 18.5 Å². The van der Waals surface area contributed by atoms with E-state index in [2.05, 4.69) is 15.2 Å². The van der Waals surface area contributed by atoms with Crippen molar-refractivity contribution in [2.45, 2.75) is 31.0 Å². The molecular formula is C17H20FN3O2. The summed E-state index contributed by atoms with van der Waals surface area (Å²) in [6, 6.07) is 7.02. The lowest BCUT2D eigenvalue weighted by Gasteiger charge is -2.23. The number of furan rings is 1. The summed E-state index contributed by atoms with van der Waals surface area (Å²) < 4.78 is 25.2. The van der Waals surface area contributed by atoms with Gasteiger partial charge in [0.1, 0.15) is 5.76 Å². The number of hydrogen-bond donors (Lipinski definition) is 1. The van der Waals surface area contributed by atoms with Crippen LogP contribution in [0.1, 0.15) is 18.6 Å². The Balaban J connectivity index is 1.36. The van der Waals surface area contributed by atoms with E-state index in [0.717, 1.165) is 38.2 Å². The summed E-state index contributed by atoms with van der Waals surface area (Å²) in [7, 11) is 0. The molecule has 0 bridgehead atoms. The molecule has 2 aromatic heterocycles. The first kappa shape index (κ1) is 14.7. The van der Waals surface area contributed by atoms with Crippen LogP contribution in [-0.4, -0.2) is 41.2 Å². The van der Waals surface area contributed by atoms with E-state index in [1.807, 2.05) is 12.1 Å². The second-order valence-electron chi connectivity index (χ2n) is 6.41. The van der Waals surface area contributed by atoms with Crippen molar-refractivity contribution in [1.29, 1.82) is 0 Å². The number of aromatic nitrogens is 1. The van der Waals surface area contributed by atoms with Gasteiger partial charge in [0.15, 0.2) is 11.6 Å². The number of anilines is 1. The second kappa shape index (κ2) is 5.94. The number of rotatable bonds is 4. The molecule has 2 saturated heterocycles. The number of nitrogens with zero attached hydrogens (tertiary/aromatic N) is 2. The molecule has 1 N–H and O–H groups in total. The molecule has 5 nitrogen and oxygen atoms in total. The van der Waals surface area contributed by atoms with E-state index >= 15 is 0 Å². The fraction of sp³-hybridized carbons (Fsp3) is 0.471. The number of likely N-dealkylation sites (tertiary alicyclic amines) is 1. The van der Waals surface area contributed by atoms with Crippen LogP contribution in [0.15, 0.2) is 41.1 Å². The standard InChI is InChI=1S/C17H20FN3O2/c18-15-4-1-6-19-16(15)20-13-9-17(23-11-13)5-7-21(12-17)10-14-3-2-8-22-14/h1-4,6,8,13H,5,7,9-12H2,(H,19,20). The summed E-state index contributed by atoms with van der Waals surface area (Å²) in [4.78, 5) is 6.41. The maximum absolute atomic E-state index is 13.7. The predicted octanol–water partition coefficient (Wildman–Crippen LogP) is 2.66. The molecule has 23 heavy (non-hydrogen) atoms. The van der Waals surface area contributed by atoms with Crippen molar-refractivity contribution in [3.8, 4) is 0 Å². The van der Waals surface area contributed by atoms with Gasteiger partial charge >= 0.3 is 0 Å². The maximum atomic E-state index is 13.7. The van der Waals surface area contributed by atoms with Gasteiger partial charge in [-0.05, 0) is 30.7 Å². The van der Waals surface area contributed by atoms with Crippen LogP contribution in [0.4, 0.5) is 10.2 Å². The molecule has 2 atom stereocenters. The Morgan fingerprint density at radius 2 is 2.35 bits per heavy atom. The molecular weight excluding hydrogens is 297 g/mol. The Morgan fingerprint density at radius 3 is 3.17 bits per heavy atom. The summed E-state index contributed by atoms with van der Waals surface area (Å²) in [5.41, 5.74) is -0.129. The van der Waals surface area contributed by atoms with Crippen LogP contribution in [0.3, 0.4) is 0 Å². The topological polar surface area (TPSA) is 50.5 Å². The molecule has 0 aromatic carbocycles. The lowest BCUT2D eigenvalue weighted by Crippen LogP contribution is -2.33. The Kier molecular flexibility index (Phi) is 3.79. The van der Waals surface area contributed by atoms with Gasteiger partial charge in [0.25, 0.3) is 0 Å². The zero-order valence-corrected chi connectivity index (χ0v) is 12.9. The smallest absolute Gasteiger partial charge is 0.165 e. The van der Waals surface area contributed by atoms with Crippen LogP contribution in [0.25, 0.3) is 0 Å². The monoisotopic (exact) mass is 317 g/mol. The minimum absolute atomic E-state index is 0.1000. The van der Waals surface area contributed by atoms with E-state index in [0.29, 0.717) is 12.4 Å². The van der Waals surface area contributed by atoms with E-state index in [-0.39, 0.29) is 17.5 Å². The van der Waals surface area contributed by atoms with Gasteiger partial charge < -0.3 is 14.5 Å². The first-order valence-electron chi connectivity index (χ1n) is 7.98. The van der Waals surface area contributed by atoms with Gasteiger partial charge in [0.2, 0.25) is 0 Å². The molecule has 0 saturated carbocycles. The highest BCUT2D eigenvalue weighted by Crippen LogP contribution is 2.36. The summed E-state index contributed by atoms with van der Waals surface area (Å²) in [6.07, 6.45) is 5.17. The number of halogens is 1. The van der Waals surface area contributed by atoms with Crippen molar-refractivity contribution in [2.24, 2.45) is 0 Å². The zero-order chi connectivity index (χ0) is 15.7. The largest absolute Gasteiger partial charge is 0.468 e. The van der Waals surface area contributed by atoms with Crippen LogP contribution >= 0.6 is 0 Å². The number of pyridine rings is 1. The molecule has 0 radical (unpaired) electrons. The molecule has 1 spiro atoms. The van der Waals surface area contributed by atoms with Crippen molar-refractivity contribution in [2.75, 3.05) is 25.0 Å². The average Bonchev–Trinajstić information content (AvgIpc) is 3.26. The molecule has 2 aliphatic rings. The molecule has 6 heteroatoms. The maximum Gasteiger partial charge on any atom is 0.165 e. The average molecular weight is 317 g/mol. The van der Waals surface area contributed by atoms with Gasteiger partial charge in [-0.2, -0.15) is 0 Å². The lowest BCUT2D eigenvalue weighted by atomic mass is 9.97. The van der Waals surface area contributed by atoms with Gasteiger partial charge in [-0.3, -0.25) is 4.90 Å². The van der Waals surface area contributed by atoms with Crippen LogP contribution in [0.2, 0.25) is 0 Å². The highest BCUT2D eigenvalue weighted by atomic mass is 19.1. The third-order valence-electron chi connectivity index (χ3n) is 4.66. The predicted molar refractivity (Wildman–Crippen MR) is 83.5 cm³/mol. The summed E-state index contributed by atoms with van der Waals surface area (Å²) >= 11 is 0. The Bertz CT molecular complexity index is 664. The van der Waals surface area contributed by atoms with Crippen molar-refractivity contribution >= 4 is 5.82 Å². The van der Waals surface area contributed by atoms with Gasteiger partial charge in [0, 0.05) is 25.7 Å². The highest BCUT2D eigenvalue weighted by Gasteiger charge is 2.45. The minimum Gasteiger partial charge on any atom is -0.468 e. The van der Waals surface area contributed by atoms with Crippen molar-refractivity contribution in [3.63, 3.8) is 0 Å². The third-order valence-corrected chi connectivity index (χ3v) is 4.66. The Morgan fingerprint density at radius 1 is 1.39 bits per heavy atom. The molecule has 2 unspecified atom stereocenters. The zero-order valence-electron chi connectivity index (χ0n) is 12.9. The molecule has 4 heterocycles. The SMILES string of the molecule is Fc1cccnc1NC1COC2(CCN(Cc3ccco3)C2)C1. The first-order chi connectivity index (χ1) is 11.2. The van der Waals surface area contributed by atoms with Crippen LogP contribution in [0.5, 0.6) is 0 Å². The quantitative estimate of drug-likeness (QED) is 0.939. The summed E-state index contributed by atoms with van der Waals surface area (Å²) in [6.45, 7) is 3.28. The minimum atomic E-state index is -0.320. The van der Waals surface area contributed by atoms with Crippen molar-refractivity contribution in [3.05, 3.63) is 48.3 Å². The normalized spacial score (nSPS) is 27.8. The molecule has 2 aliphatic heterocycles. The molecule has 2 aromatic rings. The molecule has 2 fully saturated rings. The van der Waals surface area contributed by atoms with Gasteiger partial charge in [0.05, 0.1) is 31.1 Å². The Hall–Kier alpha value is -1.92. The third kappa shape index (κ3) is 3.09. The van der Waals surface area contributed by atoms with Crippen LogP contribution in [-0.2, 0) is 11.3 Å². The fourth-order valence-corrected chi connectivity index (χ4v) is 3.59. The van der Waals surface area contributed by atoms with E-state index in [9.17, 15) is 4.39 Å². The van der Waals surface area contributed by atoms with Crippen LogP contribution < -0.4 is 5.32 Å². The van der Waals surface area contributed by atoms with E-state index in [1.165, 1.54) is 6.07 Å². The second-order valence-corrected chi connectivity index (χ2v) is 6.41. The number of hydrogen-bond acceptors (Lipinski definition) is 5.